The number of pyridine rings is 1. The maximum atomic E-state index is 14.1. The van der Waals surface area contributed by atoms with Gasteiger partial charge in [-0.1, -0.05) is 36.7 Å². The van der Waals surface area contributed by atoms with Crippen molar-refractivity contribution in [3.05, 3.63) is 63.7 Å². The van der Waals surface area contributed by atoms with Crippen molar-refractivity contribution in [2.75, 3.05) is 6.54 Å². The molecule has 2 rings (SSSR count). The number of nitrogens with zero attached hydrogens (tertiary/aromatic N) is 1. The van der Waals surface area contributed by atoms with Crippen molar-refractivity contribution in [3.63, 3.8) is 0 Å². The van der Waals surface area contributed by atoms with Gasteiger partial charge in [0.25, 0.3) is 0 Å². The van der Waals surface area contributed by atoms with Gasteiger partial charge in [0.1, 0.15) is 5.82 Å². The topological polar surface area (TPSA) is 24.9 Å². The van der Waals surface area contributed by atoms with E-state index < -0.39 is 0 Å². The standard InChI is InChI=1S/C17H20ClFN2/c1-4-20-16(14-9-8-11(2)21-12(14)3)10-13-6-5-7-15(18)17(13)19/h5-9,16,20H,4,10H2,1-3H3. The highest BCUT2D eigenvalue weighted by atomic mass is 35.5. The molecule has 0 saturated carbocycles. The maximum absolute atomic E-state index is 14.1. The summed E-state index contributed by atoms with van der Waals surface area (Å²) >= 11 is 5.86. The fourth-order valence-electron chi connectivity index (χ4n) is 2.53. The van der Waals surface area contributed by atoms with E-state index in [0.29, 0.717) is 12.0 Å². The van der Waals surface area contributed by atoms with Crippen molar-refractivity contribution < 1.29 is 4.39 Å². The molecule has 0 aliphatic rings. The summed E-state index contributed by atoms with van der Waals surface area (Å²) in [5, 5.41) is 3.57. The molecule has 1 aromatic carbocycles. The van der Waals surface area contributed by atoms with Gasteiger partial charge in [-0.2, -0.15) is 0 Å². The Morgan fingerprint density at radius 1 is 1.24 bits per heavy atom. The number of hydrogen-bond donors (Lipinski definition) is 1. The number of likely N-dealkylation sites (N-methyl/N-ethyl adjacent to an activating group) is 1. The lowest BCUT2D eigenvalue weighted by Crippen LogP contribution is -2.24. The quantitative estimate of drug-likeness (QED) is 0.886. The first kappa shape index (κ1) is 15.9. The molecule has 0 aliphatic heterocycles. The van der Waals surface area contributed by atoms with Crippen LogP contribution < -0.4 is 5.32 Å². The third-order valence-corrected chi connectivity index (χ3v) is 3.84. The van der Waals surface area contributed by atoms with Gasteiger partial charge in [0.05, 0.1) is 5.02 Å². The van der Waals surface area contributed by atoms with Gasteiger partial charge in [-0.3, -0.25) is 4.98 Å². The van der Waals surface area contributed by atoms with Crippen molar-refractivity contribution in [1.29, 1.82) is 0 Å². The molecule has 4 heteroatoms. The van der Waals surface area contributed by atoms with Gasteiger partial charge >= 0.3 is 0 Å². The van der Waals surface area contributed by atoms with Gasteiger partial charge < -0.3 is 5.32 Å². The number of halogens is 2. The highest BCUT2D eigenvalue weighted by Gasteiger charge is 2.17. The lowest BCUT2D eigenvalue weighted by atomic mass is 9.97. The molecule has 1 N–H and O–H groups in total. The van der Waals surface area contributed by atoms with E-state index in [1.807, 2.05) is 26.8 Å². The zero-order valence-electron chi connectivity index (χ0n) is 12.6. The molecule has 1 atom stereocenters. The average molecular weight is 307 g/mol. The fraction of sp³-hybridized carbons (Fsp3) is 0.353. The lowest BCUT2D eigenvalue weighted by molar-refractivity contribution is 0.524. The molecule has 0 radical (unpaired) electrons. The van der Waals surface area contributed by atoms with Crippen LogP contribution in [0.3, 0.4) is 0 Å². The summed E-state index contributed by atoms with van der Waals surface area (Å²) in [7, 11) is 0. The Morgan fingerprint density at radius 2 is 2.00 bits per heavy atom. The number of nitrogens with one attached hydrogen (secondary N) is 1. The molecular formula is C17H20ClFN2. The smallest absolute Gasteiger partial charge is 0.145 e. The molecule has 0 bridgehead atoms. The Bertz CT molecular complexity index is 628. The predicted octanol–water partition coefficient (Wildman–Crippen LogP) is 4.38. The number of hydrogen-bond acceptors (Lipinski definition) is 2. The first-order valence-electron chi connectivity index (χ1n) is 7.13. The van der Waals surface area contributed by atoms with E-state index in [4.69, 9.17) is 11.6 Å². The molecule has 112 valence electrons. The van der Waals surface area contributed by atoms with Gasteiger partial charge in [-0.25, -0.2) is 4.39 Å². The lowest BCUT2D eigenvalue weighted by Gasteiger charge is -2.21. The summed E-state index contributed by atoms with van der Waals surface area (Å²) in [5.74, 6) is -0.334. The van der Waals surface area contributed by atoms with Crippen molar-refractivity contribution in [3.8, 4) is 0 Å². The van der Waals surface area contributed by atoms with Crippen molar-refractivity contribution in [2.24, 2.45) is 0 Å². The summed E-state index contributed by atoms with van der Waals surface area (Å²) in [4.78, 5) is 4.50. The molecule has 1 aromatic heterocycles. The first-order chi connectivity index (χ1) is 10.0. The minimum Gasteiger partial charge on any atom is -0.310 e. The van der Waals surface area contributed by atoms with Crippen LogP contribution in [0.5, 0.6) is 0 Å². The molecule has 0 aliphatic carbocycles. The van der Waals surface area contributed by atoms with Crippen LogP contribution in [-0.2, 0) is 6.42 Å². The van der Waals surface area contributed by atoms with Crippen molar-refractivity contribution >= 4 is 11.6 Å². The second-order valence-corrected chi connectivity index (χ2v) is 5.56. The highest BCUT2D eigenvalue weighted by Crippen LogP contribution is 2.25. The minimum absolute atomic E-state index is 0.0241. The fourth-order valence-corrected chi connectivity index (χ4v) is 2.72. The van der Waals surface area contributed by atoms with E-state index in [0.717, 1.165) is 23.5 Å². The predicted molar refractivity (Wildman–Crippen MR) is 85.2 cm³/mol. The summed E-state index contributed by atoms with van der Waals surface area (Å²) in [5.41, 5.74) is 3.68. The molecule has 21 heavy (non-hydrogen) atoms. The van der Waals surface area contributed by atoms with Gasteiger partial charge in [0, 0.05) is 17.4 Å². The maximum Gasteiger partial charge on any atom is 0.145 e. The Balaban J connectivity index is 2.33. The van der Waals surface area contributed by atoms with Crippen LogP contribution in [0, 0.1) is 19.7 Å². The molecule has 2 nitrogen and oxygen atoms in total. The molecule has 1 unspecified atom stereocenters. The second-order valence-electron chi connectivity index (χ2n) is 5.15. The summed E-state index contributed by atoms with van der Waals surface area (Å²) in [6.07, 6.45) is 0.547. The van der Waals surface area contributed by atoms with Crippen LogP contribution in [0.15, 0.2) is 30.3 Å². The highest BCUT2D eigenvalue weighted by molar-refractivity contribution is 6.30. The Labute approximate surface area is 130 Å². The second kappa shape index (κ2) is 7.01. The van der Waals surface area contributed by atoms with Gasteiger partial charge in [-0.05, 0) is 50.1 Å². The minimum atomic E-state index is -0.334. The van der Waals surface area contributed by atoms with Gasteiger partial charge in [-0.15, -0.1) is 0 Å². The molecule has 0 spiro atoms. The molecule has 1 heterocycles. The van der Waals surface area contributed by atoms with Crippen LogP contribution in [-0.4, -0.2) is 11.5 Å². The van der Waals surface area contributed by atoms with Crippen LogP contribution in [0.4, 0.5) is 4.39 Å². The summed E-state index contributed by atoms with van der Waals surface area (Å²) in [6.45, 7) is 6.80. The third kappa shape index (κ3) is 3.80. The zero-order chi connectivity index (χ0) is 15.4. The normalized spacial score (nSPS) is 12.4. The van der Waals surface area contributed by atoms with Crippen LogP contribution in [0.1, 0.15) is 35.5 Å². The Hall–Kier alpha value is -1.45. The zero-order valence-corrected chi connectivity index (χ0v) is 13.3. The van der Waals surface area contributed by atoms with Crippen LogP contribution in [0.25, 0.3) is 0 Å². The Kier molecular flexibility index (Phi) is 5.32. The van der Waals surface area contributed by atoms with Gasteiger partial charge in [0.15, 0.2) is 0 Å². The van der Waals surface area contributed by atoms with E-state index in [9.17, 15) is 4.39 Å². The molecule has 0 amide bonds. The molecule has 2 aromatic rings. The monoisotopic (exact) mass is 306 g/mol. The van der Waals surface area contributed by atoms with E-state index in [1.54, 1.807) is 18.2 Å². The van der Waals surface area contributed by atoms with E-state index in [2.05, 4.69) is 16.4 Å². The molecule has 0 saturated heterocycles. The van der Waals surface area contributed by atoms with E-state index in [-0.39, 0.29) is 16.9 Å². The van der Waals surface area contributed by atoms with E-state index >= 15 is 0 Å². The van der Waals surface area contributed by atoms with Gasteiger partial charge in [0.2, 0.25) is 0 Å². The SMILES string of the molecule is CCNC(Cc1cccc(Cl)c1F)c1ccc(C)nc1C. The number of aryl methyl sites for hydroxylation is 2. The van der Waals surface area contributed by atoms with Crippen molar-refractivity contribution in [1.82, 2.24) is 10.3 Å². The first-order valence-corrected chi connectivity index (χ1v) is 7.51. The number of aromatic nitrogens is 1. The largest absolute Gasteiger partial charge is 0.310 e. The summed E-state index contributed by atoms with van der Waals surface area (Å²) in [6, 6.07) is 9.21. The molecule has 0 fully saturated rings. The third-order valence-electron chi connectivity index (χ3n) is 3.55. The van der Waals surface area contributed by atoms with Crippen molar-refractivity contribution in [2.45, 2.75) is 33.2 Å². The van der Waals surface area contributed by atoms with E-state index in [1.165, 1.54) is 0 Å². The number of rotatable bonds is 5. The average Bonchev–Trinajstić information content (AvgIpc) is 2.43. The van der Waals surface area contributed by atoms with Crippen LogP contribution >= 0.6 is 11.6 Å². The number of benzene rings is 1. The van der Waals surface area contributed by atoms with Crippen LogP contribution in [0.2, 0.25) is 5.02 Å². The molecular weight excluding hydrogens is 287 g/mol. The Morgan fingerprint density at radius 3 is 2.67 bits per heavy atom. The summed E-state index contributed by atoms with van der Waals surface area (Å²) < 4.78 is 14.1.